The molecule has 90 valence electrons. The number of hydrogen-bond acceptors (Lipinski definition) is 3. The quantitative estimate of drug-likeness (QED) is 0.820. The maximum Gasteiger partial charge on any atom is 0.268 e. The predicted molar refractivity (Wildman–Crippen MR) is 68.0 cm³/mol. The minimum Gasteiger partial charge on any atom is -0.364 e. The number of carbonyl (C=O) groups excluding carboxylic acids is 1. The van der Waals surface area contributed by atoms with E-state index in [9.17, 15) is 4.79 Å². The van der Waals surface area contributed by atoms with Gasteiger partial charge in [-0.1, -0.05) is 41.5 Å². The summed E-state index contributed by atoms with van der Waals surface area (Å²) in [5, 5.41) is 0. The Hall–Kier alpha value is -0.900. The third-order valence-corrected chi connectivity index (χ3v) is 3.63. The van der Waals surface area contributed by atoms with Crippen molar-refractivity contribution in [2.24, 2.45) is 5.73 Å². The summed E-state index contributed by atoms with van der Waals surface area (Å²) in [7, 11) is 0. The lowest BCUT2D eigenvalue weighted by Crippen LogP contribution is -2.24. The summed E-state index contributed by atoms with van der Waals surface area (Å²) >= 11 is 1.39. The van der Waals surface area contributed by atoms with Crippen LogP contribution in [-0.4, -0.2) is 10.3 Å². The summed E-state index contributed by atoms with van der Waals surface area (Å²) in [6.07, 6.45) is 0. The van der Waals surface area contributed by atoms with Gasteiger partial charge in [-0.05, 0) is 22.4 Å². The van der Waals surface area contributed by atoms with Crippen LogP contribution in [0.25, 0.3) is 0 Å². The van der Waals surface area contributed by atoms with Gasteiger partial charge >= 0.3 is 0 Å². The van der Waals surface area contributed by atoms with Gasteiger partial charge in [-0.25, -0.2) is 0 Å². The Morgan fingerprint density at radius 2 is 1.62 bits per heavy atom. The fraction of sp³-hybridized carbons (Fsp3) is 0.667. The van der Waals surface area contributed by atoms with Crippen molar-refractivity contribution in [1.29, 1.82) is 0 Å². The molecular weight excluding hydrogens is 220 g/mol. The maximum absolute atomic E-state index is 11.4. The Bertz CT molecular complexity index is 408. The number of nitrogens with zero attached hydrogens (tertiary/aromatic N) is 1. The highest BCUT2D eigenvalue weighted by Crippen LogP contribution is 2.38. The summed E-state index contributed by atoms with van der Waals surface area (Å²) in [6.45, 7) is 12.6. The molecule has 0 aliphatic carbocycles. The Morgan fingerprint density at radius 3 is 1.94 bits per heavy atom. The maximum atomic E-state index is 11.4. The van der Waals surface area contributed by atoms with Gasteiger partial charge in [-0.2, -0.15) is 4.37 Å². The van der Waals surface area contributed by atoms with Crippen LogP contribution in [0, 0.1) is 0 Å². The van der Waals surface area contributed by atoms with Crippen molar-refractivity contribution >= 4 is 17.4 Å². The van der Waals surface area contributed by atoms with Gasteiger partial charge in [0.25, 0.3) is 5.91 Å². The van der Waals surface area contributed by atoms with Crippen LogP contribution in [0.2, 0.25) is 0 Å². The van der Waals surface area contributed by atoms with Gasteiger partial charge in [0.2, 0.25) is 0 Å². The van der Waals surface area contributed by atoms with Gasteiger partial charge in [0.1, 0.15) is 5.69 Å². The smallest absolute Gasteiger partial charge is 0.268 e. The first-order valence-electron chi connectivity index (χ1n) is 5.35. The Labute approximate surface area is 101 Å². The van der Waals surface area contributed by atoms with Gasteiger partial charge in [0.05, 0.1) is 0 Å². The standard InChI is InChI=1S/C12H20N2OS/c1-11(2,3)7-8(10(13)15)14-16-9(7)12(4,5)6/h1-6H3,(H2,13,15). The van der Waals surface area contributed by atoms with Crippen LogP contribution < -0.4 is 5.73 Å². The third-order valence-electron chi connectivity index (χ3n) is 2.36. The lowest BCUT2D eigenvalue weighted by atomic mass is 9.79. The monoisotopic (exact) mass is 240 g/mol. The van der Waals surface area contributed by atoms with Crippen LogP contribution in [0.4, 0.5) is 0 Å². The molecule has 1 aromatic heterocycles. The summed E-state index contributed by atoms with van der Waals surface area (Å²) < 4.78 is 4.22. The fourth-order valence-electron chi connectivity index (χ4n) is 1.67. The van der Waals surface area contributed by atoms with E-state index in [0.29, 0.717) is 5.69 Å². The van der Waals surface area contributed by atoms with Gasteiger partial charge < -0.3 is 5.73 Å². The average Bonchev–Trinajstić information content (AvgIpc) is 2.43. The summed E-state index contributed by atoms with van der Waals surface area (Å²) in [6, 6.07) is 0. The van der Waals surface area contributed by atoms with Crippen molar-refractivity contribution in [2.45, 2.75) is 52.4 Å². The molecule has 0 aliphatic rings. The van der Waals surface area contributed by atoms with E-state index in [2.05, 4.69) is 45.9 Å². The predicted octanol–water partition coefficient (Wildman–Crippen LogP) is 2.84. The van der Waals surface area contributed by atoms with Crippen molar-refractivity contribution in [3.8, 4) is 0 Å². The second-order valence-electron chi connectivity index (χ2n) is 6.10. The molecule has 0 saturated heterocycles. The van der Waals surface area contributed by atoms with Crippen LogP contribution in [0.5, 0.6) is 0 Å². The number of carbonyl (C=O) groups is 1. The topological polar surface area (TPSA) is 56.0 Å². The van der Waals surface area contributed by atoms with Gasteiger partial charge in [-0.3, -0.25) is 4.79 Å². The van der Waals surface area contributed by atoms with E-state index < -0.39 is 5.91 Å². The van der Waals surface area contributed by atoms with E-state index >= 15 is 0 Å². The lowest BCUT2D eigenvalue weighted by molar-refractivity contribution is 0.0994. The molecule has 2 N–H and O–H groups in total. The van der Waals surface area contributed by atoms with Crippen LogP contribution in [0.3, 0.4) is 0 Å². The molecule has 0 unspecified atom stereocenters. The van der Waals surface area contributed by atoms with E-state index in [1.54, 1.807) is 0 Å². The SMILES string of the molecule is CC(C)(C)c1snc(C(N)=O)c1C(C)(C)C. The zero-order valence-electron chi connectivity index (χ0n) is 10.8. The van der Waals surface area contributed by atoms with Crippen LogP contribution >= 0.6 is 11.5 Å². The number of nitrogens with two attached hydrogens (primary N) is 1. The zero-order valence-corrected chi connectivity index (χ0v) is 11.7. The molecule has 4 heteroatoms. The summed E-state index contributed by atoms with van der Waals surface area (Å²) in [5.41, 5.74) is 6.69. The van der Waals surface area contributed by atoms with E-state index in [1.165, 1.54) is 11.5 Å². The molecule has 0 saturated carbocycles. The van der Waals surface area contributed by atoms with E-state index in [0.717, 1.165) is 10.4 Å². The molecule has 0 aliphatic heterocycles. The molecule has 0 aromatic carbocycles. The molecule has 0 radical (unpaired) electrons. The molecule has 1 amide bonds. The molecule has 3 nitrogen and oxygen atoms in total. The molecular formula is C12H20N2OS. The Balaban J connectivity index is 3.50. The number of rotatable bonds is 1. The number of aromatic nitrogens is 1. The first-order chi connectivity index (χ1) is 7.05. The van der Waals surface area contributed by atoms with Gasteiger partial charge in [0, 0.05) is 10.4 Å². The molecule has 0 bridgehead atoms. The molecule has 0 atom stereocenters. The first kappa shape index (κ1) is 13.2. The minimum absolute atomic E-state index is 0.00597. The number of hydrogen-bond donors (Lipinski definition) is 1. The lowest BCUT2D eigenvalue weighted by Gasteiger charge is -2.26. The van der Waals surface area contributed by atoms with Crippen molar-refractivity contribution in [1.82, 2.24) is 4.37 Å². The van der Waals surface area contributed by atoms with Crippen molar-refractivity contribution in [2.75, 3.05) is 0 Å². The molecule has 16 heavy (non-hydrogen) atoms. The van der Waals surface area contributed by atoms with Gasteiger partial charge in [0.15, 0.2) is 0 Å². The van der Waals surface area contributed by atoms with E-state index in [-0.39, 0.29) is 10.8 Å². The molecule has 1 heterocycles. The van der Waals surface area contributed by atoms with Crippen molar-refractivity contribution < 1.29 is 4.79 Å². The van der Waals surface area contributed by atoms with Crippen molar-refractivity contribution in [3.05, 3.63) is 16.1 Å². The van der Waals surface area contributed by atoms with Crippen LogP contribution in [0.1, 0.15) is 62.5 Å². The Morgan fingerprint density at radius 1 is 1.12 bits per heavy atom. The minimum atomic E-state index is -0.434. The van der Waals surface area contributed by atoms with Crippen LogP contribution in [-0.2, 0) is 10.8 Å². The highest BCUT2D eigenvalue weighted by Gasteiger charge is 2.32. The number of primary amides is 1. The van der Waals surface area contributed by atoms with E-state index in [1.807, 2.05) is 0 Å². The van der Waals surface area contributed by atoms with Crippen molar-refractivity contribution in [3.63, 3.8) is 0 Å². The second-order valence-corrected chi connectivity index (χ2v) is 6.87. The molecule has 1 rings (SSSR count). The van der Waals surface area contributed by atoms with Gasteiger partial charge in [-0.15, -0.1) is 0 Å². The zero-order chi connectivity index (χ0) is 12.7. The highest BCUT2D eigenvalue weighted by atomic mass is 32.1. The molecule has 0 fully saturated rings. The largest absolute Gasteiger partial charge is 0.364 e. The molecule has 1 aromatic rings. The second kappa shape index (κ2) is 3.84. The summed E-state index contributed by atoms with van der Waals surface area (Å²) in [5.74, 6) is -0.434. The molecule has 0 spiro atoms. The Kier molecular flexibility index (Phi) is 3.16. The summed E-state index contributed by atoms with van der Waals surface area (Å²) in [4.78, 5) is 12.5. The normalized spacial score (nSPS) is 12.9. The number of amides is 1. The average molecular weight is 240 g/mol. The first-order valence-corrected chi connectivity index (χ1v) is 6.13. The fourth-order valence-corrected chi connectivity index (χ4v) is 2.80. The third kappa shape index (κ3) is 2.43. The van der Waals surface area contributed by atoms with E-state index in [4.69, 9.17) is 5.73 Å². The highest BCUT2D eigenvalue weighted by molar-refractivity contribution is 7.06. The van der Waals surface area contributed by atoms with Crippen LogP contribution in [0.15, 0.2) is 0 Å².